The molecular formula is C9H13NO. The van der Waals surface area contributed by atoms with Crippen LogP contribution in [-0.2, 0) is 4.79 Å². The van der Waals surface area contributed by atoms with E-state index < -0.39 is 0 Å². The van der Waals surface area contributed by atoms with Gasteiger partial charge in [-0.3, -0.25) is 4.79 Å². The van der Waals surface area contributed by atoms with Crippen molar-refractivity contribution in [3.05, 3.63) is 24.3 Å². The molecule has 11 heavy (non-hydrogen) atoms. The van der Waals surface area contributed by atoms with Crippen LogP contribution < -0.4 is 0 Å². The van der Waals surface area contributed by atoms with Crippen LogP contribution in [0.2, 0.25) is 0 Å². The Morgan fingerprint density at radius 3 is 2.64 bits per heavy atom. The molecule has 0 bridgehead atoms. The third-order valence-corrected chi connectivity index (χ3v) is 1.74. The standard InChI is InChI=1S/C9H13NO/c1-10(2)9(11)8-6-4-3-5-7-8/h3-6,8H,7H2,1-2H3. The second-order valence-corrected chi connectivity index (χ2v) is 2.89. The smallest absolute Gasteiger partial charge is 0.229 e. The van der Waals surface area contributed by atoms with Crippen LogP contribution in [0.25, 0.3) is 0 Å². The number of nitrogens with zero attached hydrogens (tertiary/aromatic N) is 1. The second kappa shape index (κ2) is 3.37. The summed E-state index contributed by atoms with van der Waals surface area (Å²) in [6.45, 7) is 0. The van der Waals surface area contributed by atoms with Crippen molar-refractivity contribution in [2.75, 3.05) is 14.1 Å². The molecule has 1 rings (SSSR count). The fourth-order valence-electron chi connectivity index (χ4n) is 1.10. The van der Waals surface area contributed by atoms with Crippen molar-refractivity contribution in [3.63, 3.8) is 0 Å². The van der Waals surface area contributed by atoms with E-state index in [1.54, 1.807) is 19.0 Å². The summed E-state index contributed by atoms with van der Waals surface area (Å²) in [5.74, 6) is 0.251. The molecule has 1 aliphatic rings. The van der Waals surface area contributed by atoms with Crippen LogP contribution in [0.3, 0.4) is 0 Å². The Bertz CT molecular complexity index is 204. The summed E-state index contributed by atoms with van der Waals surface area (Å²) in [5, 5.41) is 0. The number of rotatable bonds is 1. The Morgan fingerprint density at radius 1 is 1.45 bits per heavy atom. The van der Waals surface area contributed by atoms with E-state index in [1.165, 1.54) is 0 Å². The lowest BCUT2D eigenvalue weighted by Gasteiger charge is -2.17. The molecule has 0 heterocycles. The zero-order valence-electron chi connectivity index (χ0n) is 6.95. The lowest BCUT2D eigenvalue weighted by atomic mass is 10.00. The highest BCUT2D eigenvalue weighted by molar-refractivity contribution is 5.80. The topological polar surface area (TPSA) is 20.3 Å². The molecule has 0 N–H and O–H groups in total. The Morgan fingerprint density at radius 2 is 2.18 bits per heavy atom. The van der Waals surface area contributed by atoms with Gasteiger partial charge in [0.05, 0.1) is 5.92 Å². The average Bonchev–Trinajstić information content (AvgIpc) is 2.05. The summed E-state index contributed by atoms with van der Waals surface area (Å²) in [5.41, 5.74) is 0. The molecule has 2 heteroatoms. The van der Waals surface area contributed by atoms with E-state index in [9.17, 15) is 4.79 Å². The molecule has 0 fully saturated rings. The predicted octanol–water partition coefficient (Wildman–Crippen LogP) is 1.21. The summed E-state index contributed by atoms with van der Waals surface area (Å²) < 4.78 is 0. The van der Waals surface area contributed by atoms with E-state index in [1.807, 2.05) is 24.3 Å². The predicted molar refractivity (Wildman–Crippen MR) is 45.1 cm³/mol. The van der Waals surface area contributed by atoms with Crippen LogP contribution in [0.5, 0.6) is 0 Å². The molecule has 0 saturated heterocycles. The molecular weight excluding hydrogens is 138 g/mol. The van der Waals surface area contributed by atoms with E-state index in [-0.39, 0.29) is 11.8 Å². The van der Waals surface area contributed by atoms with E-state index in [0.29, 0.717) is 0 Å². The van der Waals surface area contributed by atoms with Crippen LogP contribution in [0.15, 0.2) is 24.3 Å². The first-order valence-corrected chi connectivity index (χ1v) is 3.76. The van der Waals surface area contributed by atoms with Crippen molar-refractivity contribution in [1.29, 1.82) is 0 Å². The molecule has 2 nitrogen and oxygen atoms in total. The van der Waals surface area contributed by atoms with Crippen LogP contribution in [0.1, 0.15) is 6.42 Å². The minimum absolute atomic E-state index is 0.0648. The van der Waals surface area contributed by atoms with Gasteiger partial charge in [-0.2, -0.15) is 0 Å². The Kier molecular flexibility index (Phi) is 2.47. The van der Waals surface area contributed by atoms with Gasteiger partial charge in [-0.15, -0.1) is 0 Å². The highest BCUT2D eigenvalue weighted by Crippen LogP contribution is 2.12. The number of hydrogen-bond acceptors (Lipinski definition) is 1. The summed E-state index contributed by atoms with van der Waals surface area (Å²) in [6.07, 6.45) is 8.71. The maximum Gasteiger partial charge on any atom is 0.229 e. The molecule has 1 unspecified atom stereocenters. The van der Waals surface area contributed by atoms with Gasteiger partial charge in [0.1, 0.15) is 0 Å². The van der Waals surface area contributed by atoms with Gasteiger partial charge >= 0.3 is 0 Å². The number of carbonyl (C=O) groups excluding carboxylic acids is 1. The maximum atomic E-state index is 11.3. The molecule has 0 aromatic carbocycles. The molecule has 0 spiro atoms. The summed E-state index contributed by atoms with van der Waals surface area (Å²) in [7, 11) is 3.57. The van der Waals surface area contributed by atoms with E-state index in [4.69, 9.17) is 0 Å². The van der Waals surface area contributed by atoms with Crippen molar-refractivity contribution in [1.82, 2.24) is 4.90 Å². The minimum Gasteiger partial charge on any atom is -0.348 e. The van der Waals surface area contributed by atoms with Crippen molar-refractivity contribution in [2.45, 2.75) is 6.42 Å². The largest absolute Gasteiger partial charge is 0.348 e. The molecule has 1 amide bonds. The van der Waals surface area contributed by atoms with Crippen molar-refractivity contribution in [2.24, 2.45) is 5.92 Å². The molecule has 0 aromatic rings. The van der Waals surface area contributed by atoms with Gasteiger partial charge in [0.25, 0.3) is 0 Å². The van der Waals surface area contributed by atoms with Gasteiger partial charge < -0.3 is 4.90 Å². The first-order valence-electron chi connectivity index (χ1n) is 3.76. The van der Waals surface area contributed by atoms with Crippen LogP contribution in [0, 0.1) is 5.92 Å². The molecule has 0 radical (unpaired) electrons. The lowest BCUT2D eigenvalue weighted by Crippen LogP contribution is -2.28. The van der Waals surface area contributed by atoms with Crippen LogP contribution in [0.4, 0.5) is 0 Å². The van der Waals surface area contributed by atoms with Crippen LogP contribution in [-0.4, -0.2) is 24.9 Å². The lowest BCUT2D eigenvalue weighted by molar-refractivity contribution is -0.131. The van der Waals surface area contributed by atoms with E-state index >= 15 is 0 Å². The minimum atomic E-state index is 0.0648. The molecule has 1 aliphatic carbocycles. The summed E-state index contributed by atoms with van der Waals surface area (Å²) in [4.78, 5) is 13.0. The molecule has 0 aromatic heterocycles. The fourth-order valence-corrected chi connectivity index (χ4v) is 1.10. The molecule has 0 saturated carbocycles. The van der Waals surface area contributed by atoms with E-state index in [2.05, 4.69) is 0 Å². The molecule has 1 atom stereocenters. The van der Waals surface area contributed by atoms with Gasteiger partial charge in [-0.25, -0.2) is 0 Å². The Hall–Kier alpha value is -1.05. The van der Waals surface area contributed by atoms with Crippen molar-refractivity contribution >= 4 is 5.91 Å². The fraction of sp³-hybridized carbons (Fsp3) is 0.444. The van der Waals surface area contributed by atoms with Crippen molar-refractivity contribution < 1.29 is 4.79 Å². The first-order chi connectivity index (χ1) is 5.22. The quantitative estimate of drug-likeness (QED) is 0.551. The zero-order chi connectivity index (χ0) is 8.27. The number of carbonyl (C=O) groups is 1. The van der Waals surface area contributed by atoms with Crippen molar-refractivity contribution in [3.8, 4) is 0 Å². The first kappa shape index (κ1) is 8.05. The third-order valence-electron chi connectivity index (χ3n) is 1.74. The molecule has 0 aliphatic heterocycles. The highest BCUT2D eigenvalue weighted by Gasteiger charge is 2.16. The monoisotopic (exact) mass is 151 g/mol. The number of amides is 1. The third kappa shape index (κ3) is 1.93. The Labute approximate surface area is 67.2 Å². The van der Waals surface area contributed by atoms with Gasteiger partial charge in [-0.05, 0) is 6.42 Å². The average molecular weight is 151 g/mol. The second-order valence-electron chi connectivity index (χ2n) is 2.89. The van der Waals surface area contributed by atoms with E-state index in [0.717, 1.165) is 6.42 Å². The Balaban J connectivity index is 2.55. The van der Waals surface area contributed by atoms with Gasteiger partial charge in [0.2, 0.25) is 5.91 Å². The number of allylic oxidation sites excluding steroid dienone is 3. The highest BCUT2D eigenvalue weighted by atomic mass is 16.2. The van der Waals surface area contributed by atoms with Gasteiger partial charge in [0, 0.05) is 14.1 Å². The summed E-state index contributed by atoms with van der Waals surface area (Å²) in [6, 6.07) is 0. The van der Waals surface area contributed by atoms with Gasteiger partial charge in [-0.1, -0.05) is 24.3 Å². The van der Waals surface area contributed by atoms with Gasteiger partial charge in [0.15, 0.2) is 0 Å². The maximum absolute atomic E-state index is 11.3. The molecule has 60 valence electrons. The zero-order valence-corrected chi connectivity index (χ0v) is 6.95. The van der Waals surface area contributed by atoms with Crippen LogP contribution >= 0.6 is 0 Å². The SMILES string of the molecule is CN(C)C(=O)C1C=CC=CC1. The summed E-state index contributed by atoms with van der Waals surface area (Å²) >= 11 is 0. The normalized spacial score (nSPS) is 21.8. The number of hydrogen-bond donors (Lipinski definition) is 0.